The molecule has 0 saturated carbocycles. The molecule has 2 rings (SSSR count). The number of piperazine rings is 1. The van der Waals surface area contributed by atoms with Crippen molar-refractivity contribution in [2.45, 2.75) is 0 Å². The van der Waals surface area contributed by atoms with Crippen LogP contribution in [0.3, 0.4) is 0 Å². The molecule has 1 aromatic rings. The van der Waals surface area contributed by atoms with Crippen LogP contribution in [0.25, 0.3) is 0 Å². The van der Waals surface area contributed by atoms with Crippen molar-refractivity contribution in [2.24, 2.45) is 0 Å². The number of rotatable bonds is 4. The third kappa shape index (κ3) is 3.35. The summed E-state index contributed by atoms with van der Waals surface area (Å²) in [6.45, 7) is 5.42. The van der Waals surface area contributed by atoms with E-state index in [1.54, 1.807) is 7.11 Å². The van der Waals surface area contributed by atoms with Gasteiger partial charge in [-0.25, -0.2) is 0 Å². The molecule has 1 heterocycles. The minimum Gasteiger partial charge on any atom is -0.497 e. The zero-order chi connectivity index (χ0) is 12.1. The topological polar surface area (TPSA) is 27.7 Å². The molecule has 1 N–H and O–H groups in total. The Balaban J connectivity index is 1.91. The van der Waals surface area contributed by atoms with Crippen LogP contribution in [0.1, 0.15) is 0 Å². The fourth-order valence-corrected chi connectivity index (χ4v) is 2.07. The second-order valence-electron chi connectivity index (χ2n) is 4.41. The first-order valence-corrected chi connectivity index (χ1v) is 6.08. The highest BCUT2D eigenvalue weighted by atomic mass is 16.5. The molecule has 0 atom stereocenters. The summed E-state index contributed by atoms with van der Waals surface area (Å²) in [6, 6.07) is 8.20. The number of hydrogen-bond donors (Lipinski definition) is 1. The van der Waals surface area contributed by atoms with E-state index in [1.165, 1.54) is 5.69 Å². The van der Waals surface area contributed by atoms with Crippen LogP contribution in [-0.2, 0) is 0 Å². The minimum atomic E-state index is 0.907. The van der Waals surface area contributed by atoms with E-state index in [0.29, 0.717) is 0 Å². The minimum absolute atomic E-state index is 0.907. The number of anilines is 1. The Morgan fingerprint density at radius 2 is 1.88 bits per heavy atom. The van der Waals surface area contributed by atoms with Crippen molar-refractivity contribution in [3.05, 3.63) is 24.3 Å². The molecule has 0 spiro atoms. The summed E-state index contributed by atoms with van der Waals surface area (Å²) in [7, 11) is 3.82. The van der Waals surface area contributed by atoms with Crippen LogP contribution in [0, 0.1) is 0 Å². The molecule has 1 aliphatic heterocycles. The lowest BCUT2D eigenvalue weighted by molar-refractivity contribution is 0.243. The van der Waals surface area contributed by atoms with Crippen LogP contribution in [0.15, 0.2) is 24.3 Å². The molecular weight excluding hydrogens is 214 g/mol. The Labute approximate surface area is 103 Å². The number of ether oxygens (including phenoxy) is 1. The average Bonchev–Trinajstić information content (AvgIpc) is 2.40. The van der Waals surface area contributed by atoms with Gasteiger partial charge in [0.1, 0.15) is 5.75 Å². The molecule has 0 unspecified atom stereocenters. The molecule has 0 aromatic heterocycles. The SMILES string of the molecule is COc1ccc(N(C)CN2CCNCC2)cc1. The van der Waals surface area contributed by atoms with Crippen LogP contribution in [-0.4, -0.2) is 51.9 Å². The Morgan fingerprint density at radius 1 is 1.24 bits per heavy atom. The molecule has 1 aromatic carbocycles. The smallest absolute Gasteiger partial charge is 0.119 e. The van der Waals surface area contributed by atoms with Crippen LogP contribution in [0.2, 0.25) is 0 Å². The summed E-state index contributed by atoms with van der Waals surface area (Å²) in [5, 5.41) is 3.37. The van der Waals surface area contributed by atoms with Gasteiger partial charge >= 0.3 is 0 Å². The van der Waals surface area contributed by atoms with E-state index in [1.807, 2.05) is 12.1 Å². The highest BCUT2D eigenvalue weighted by molar-refractivity contribution is 5.48. The lowest BCUT2D eigenvalue weighted by Crippen LogP contribution is -2.47. The molecule has 0 radical (unpaired) electrons. The molecule has 94 valence electrons. The Hall–Kier alpha value is -1.26. The molecule has 1 saturated heterocycles. The van der Waals surface area contributed by atoms with Crippen molar-refractivity contribution in [1.29, 1.82) is 0 Å². The second-order valence-corrected chi connectivity index (χ2v) is 4.41. The molecule has 17 heavy (non-hydrogen) atoms. The maximum atomic E-state index is 5.16. The van der Waals surface area contributed by atoms with Gasteiger partial charge in [-0.1, -0.05) is 0 Å². The van der Waals surface area contributed by atoms with Crippen LogP contribution < -0.4 is 15.0 Å². The van der Waals surface area contributed by atoms with Gasteiger partial charge in [-0.2, -0.15) is 0 Å². The number of methoxy groups -OCH3 is 1. The van der Waals surface area contributed by atoms with Gasteiger partial charge in [-0.05, 0) is 24.3 Å². The monoisotopic (exact) mass is 235 g/mol. The predicted octanol–water partition coefficient (Wildman–Crippen LogP) is 0.994. The van der Waals surface area contributed by atoms with Crippen LogP contribution >= 0.6 is 0 Å². The molecular formula is C13H21N3O. The van der Waals surface area contributed by atoms with Crippen LogP contribution in [0.5, 0.6) is 5.75 Å². The molecule has 1 fully saturated rings. The number of hydrogen-bond acceptors (Lipinski definition) is 4. The maximum absolute atomic E-state index is 5.16. The number of nitrogens with one attached hydrogen (secondary N) is 1. The van der Waals surface area contributed by atoms with Crippen molar-refractivity contribution in [2.75, 3.05) is 51.9 Å². The van der Waals surface area contributed by atoms with Gasteiger partial charge in [0.15, 0.2) is 0 Å². The average molecular weight is 235 g/mol. The summed E-state index contributed by atoms with van der Waals surface area (Å²) in [5.41, 5.74) is 1.23. The molecule has 0 amide bonds. The lowest BCUT2D eigenvalue weighted by atomic mass is 10.3. The van der Waals surface area contributed by atoms with Crippen molar-refractivity contribution in [3.8, 4) is 5.75 Å². The summed E-state index contributed by atoms with van der Waals surface area (Å²) >= 11 is 0. The standard InChI is InChI=1S/C13H21N3O/c1-15(11-16-9-7-14-8-10-16)12-3-5-13(17-2)6-4-12/h3-6,14H,7-11H2,1-2H3. The predicted molar refractivity (Wildman–Crippen MR) is 70.7 cm³/mol. The summed E-state index contributed by atoms with van der Waals surface area (Å²) in [6.07, 6.45) is 0. The van der Waals surface area contributed by atoms with Gasteiger partial charge in [-0.3, -0.25) is 4.90 Å². The molecule has 4 heteroatoms. The Kier molecular flexibility index (Phi) is 4.23. The normalized spacial score (nSPS) is 16.8. The third-order valence-electron chi connectivity index (χ3n) is 3.13. The van der Waals surface area contributed by atoms with Crippen molar-refractivity contribution in [3.63, 3.8) is 0 Å². The maximum Gasteiger partial charge on any atom is 0.119 e. The van der Waals surface area contributed by atoms with Gasteiger partial charge in [0.2, 0.25) is 0 Å². The first kappa shape index (κ1) is 12.2. The van der Waals surface area contributed by atoms with Gasteiger partial charge in [0, 0.05) is 38.9 Å². The zero-order valence-electron chi connectivity index (χ0n) is 10.6. The fraction of sp³-hybridized carbons (Fsp3) is 0.538. The third-order valence-corrected chi connectivity index (χ3v) is 3.13. The first-order valence-electron chi connectivity index (χ1n) is 6.08. The summed E-state index contributed by atoms with van der Waals surface area (Å²) < 4.78 is 5.16. The highest BCUT2D eigenvalue weighted by Crippen LogP contribution is 2.18. The number of nitrogens with zero attached hydrogens (tertiary/aromatic N) is 2. The molecule has 0 aliphatic carbocycles. The van der Waals surface area contributed by atoms with Crippen molar-refractivity contribution >= 4 is 5.69 Å². The van der Waals surface area contributed by atoms with Crippen molar-refractivity contribution in [1.82, 2.24) is 10.2 Å². The van der Waals surface area contributed by atoms with Crippen molar-refractivity contribution < 1.29 is 4.74 Å². The highest BCUT2D eigenvalue weighted by Gasteiger charge is 2.11. The first-order chi connectivity index (χ1) is 8.29. The van der Waals surface area contributed by atoms with Gasteiger partial charge < -0.3 is 15.0 Å². The molecule has 4 nitrogen and oxygen atoms in total. The second kappa shape index (κ2) is 5.89. The van der Waals surface area contributed by atoms with Crippen LogP contribution in [0.4, 0.5) is 5.69 Å². The molecule has 0 bridgehead atoms. The zero-order valence-corrected chi connectivity index (χ0v) is 10.6. The Bertz CT molecular complexity index is 333. The van der Waals surface area contributed by atoms with E-state index >= 15 is 0 Å². The molecule has 1 aliphatic rings. The van der Waals surface area contributed by atoms with E-state index in [0.717, 1.165) is 38.6 Å². The van der Waals surface area contributed by atoms with E-state index in [2.05, 4.69) is 34.3 Å². The van der Waals surface area contributed by atoms with E-state index in [9.17, 15) is 0 Å². The van der Waals surface area contributed by atoms with Gasteiger partial charge in [0.05, 0.1) is 13.8 Å². The number of benzene rings is 1. The van der Waals surface area contributed by atoms with E-state index < -0.39 is 0 Å². The Morgan fingerprint density at radius 3 is 2.47 bits per heavy atom. The van der Waals surface area contributed by atoms with E-state index in [4.69, 9.17) is 4.74 Å². The quantitative estimate of drug-likeness (QED) is 0.842. The fourth-order valence-electron chi connectivity index (χ4n) is 2.07. The lowest BCUT2D eigenvalue weighted by Gasteiger charge is -2.32. The van der Waals surface area contributed by atoms with E-state index in [-0.39, 0.29) is 0 Å². The summed E-state index contributed by atoms with van der Waals surface area (Å²) in [4.78, 5) is 4.73. The summed E-state index contributed by atoms with van der Waals surface area (Å²) in [5.74, 6) is 0.907. The van der Waals surface area contributed by atoms with Gasteiger partial charge in [0.25, 0.3) is 0 Å². The van der Waals surface area contributed by atoms with Gasteiger partial charge in [-0.15, -0.1) is 0 Å². The largest absolute Gasteiger partial charge is 0.497 e.